The Morgan fingerprint density at radius 1 is 1.18 bits per heavy atom. The van der Waals surface area contributed by atoms with Gasteiger partial charge in [-0.25, -0.2) is 18.4 Å². The van der Waals surface area contributed by atoms with E-state index < -0.39 is 10.0 Å². The molecule has 0 saturated heterocycles. The van der Waals surface area contributed by atoms with E-state index in [2.05, 4.69) is 35.3 Å². The lowest BCUT2D eigenvalue weighted by molar-refractivity contribution is 0.603. The maximum absolute atomic E-state index is 12.8. The van der Waals surface area contributed by atoms with Crippen LogP contribution < -0.4 is 4.72 Å². The fraction of sp³-hybridized carbons (Fsp3) is 0.0625. The summed E-state index contributed by atoms with van der Waals surface area (Å²) in [6.07, 6.45) is 3.54. The average molecular weight is 432 g/mol. The van der Waals surface area contributed by atoms with Crippen molar-refractivity contribution in [2.45, 2.75) is 9.37 Å². The number of anilines is 1. The lowest BCUT2D eigenvalue weighted by Crippen LogP contribution is -2.11. The highest BCUT2D eigenvalue weighted by Gasteiger charge is 2.18. The van der Waals surface area contributed by atoms with Gasteiger partial charge in [0.25, 0.3) is 10.0 Å². The zero-order valence-electron chi connectivity index (χ0n) is 14.4. The van der Waals surface area contributed by atoms with E-state index in [1.54, 1.807) is 48.7 Å². The van der Waals surface area contributed by atoms with Crippen molar-refractivity contribution in [1.82, 2.24) is 30.6 Å². The quantitative estimate of drug-likeness (QED) is 0.352. The Balaban J connectivity index is 1.59. The Kier molecular flexibility index (Phi) is 5.07. The fourth-order valence-corrected chi connectivity index (χ4v) is 5.07. The van der Waals surface area contributed by atoms with Crippen LogP contribution in [0.2, 0.25) is 0 Å². The van der Waals surface area contributed by atoms with Gasteiger partial charge in [-0.2, -0.15) is 5.21 Å². The number of hydrogen-bond donors (Lipinski definition) is 2. The number of thiophene rings is 1. The molecule has 0 bridgehead atoms. The van der Waals surface area contributed by atoms with Crippen LogP contribution in [0, 0.1) is 0 Å². The van der Waals surface area contributed by atoms with Gasteiger partial charge >= 0.3 is 0 Å². The SMILES string of the molecule is CSc1nccc(-c2ccc(S(=O)(=O)Nc3cccc(-c4nn[nH]n4)c3)s2)n1. The van der Waals surface area contributed by atoms with Crippen molar-refractivity contribution in [3.05, 3.63) is 48.7 Å². The highest BCUT2D eigenvalue weighted by atomic mass is 32.2. The van der Waals surface area contributed by atoms with Crippen molar-refractivity contribution >= 4 is 38.8 Å². The maximum atomic E-state index is 12.8. The van der Waals surface area contributed by atoms with Gasteiger partial charge in [-0.05, 0) is 41.8 Å². The Morgan fingerprint density at radius 3 is 2.86 bits per heavy atom. The molecule has 0 fully saturated rings. The third-order valence-corrected chi connectivity index (χ3v) is 7.18. The second kappa shape index (κ2) is 7.66. The molecule has 0 spiro atoms. The summed E-state index contributed by atoms with van der Waals surface area (Å²) in [5.41, 5.74) is 1.74. The second-order valence-corrected chi connectivity index (χ2v) is 9.24. The topological polar surface area (TPSA) is 126 Å². The number of aromatic amines is 1. The molecule has 0 aliphatic heterocycles. The molecule has 0 aliphatic carbocycles. The maximum Gasteiger partial charge on any atom is 0.271 e. The number of nitrogens with one attached hydrogen (secondary N) is 2. The molecule has 0 radical (unpaired) electrons. The van der Waals surface area contributed by atoms with Crippen LogP contribution in [0.5, 0.6) is 0 Å². The molecule has 2 N–H and O–H groups in total. The summed E-state index contributed by atoms with van der Waals surface area (Å²) in [4.78, 5) is 9.29. The lowest BCUT2D eigenvalue weighted by atomic mass is 10.2. The largest absolute Gasteiger partial charge is 0.279 e. The van der Waals surface area contributed by atoms with Crippen molar-refractivity contribution in [3.8, 4) is 22.0 Å². The minimum Gasteiger partial charge on any atom is -0.279 e. The zero-order chi connectivity index (χ0) is 19.6. The first kappa shape index (κ1) is 18.5. The zero-order valence-corrected chi connectivity index (χ0v) is 16.8. The van der Waals surface area contributed by atoms with Gasteiger partial charge in [0.2, 0.25) is 5.82 Å². The van der Waals surface area contributed by atoms with E-state index in [0.717, 1.165) is 16.2 Å². The number of tetrazole rings is 1. The molecular weight excluding hydrogens is 418 g/mol. The number of rotatable bonds is 6. The second-order valence-electron chi connectivity index (χ2n) is 5.47. The van der Waals surface area contributed by atoms with Crippen LogP contribution in [-0.2, 0) is 10.0 Å². The third-order valence-electron chi connectivity index (χ3n) is 3.63. The molecule has 12 heteroatoms. The van der Waals surface area contributed by atoms with Gasteiger partial charge in [0.1, 0.15) is 4.21 Å². The first-order valence-corrected chi connectivity index (χ1v) is 11.4. The smallest absolute Gasteiger partial charge is 0.271 e. The van der Waals surface area contributed by atoms with Gasteiger partial charge in [0.15, 0.2) is 5.16 Å². The molecule has 4 rings (SSSR count). The standard InChI is InChI=1S/C16H13N7O2S3/c1-26-16-17-8-7-12(18-16)13-5-6-14(27-13)28(24,25)21-11-4-2-3-10(9-11)15-19-22-23-20-15/h2-9,21H,1H3,(H,19,20,22,23). The van der Waals surface area contributed by atoms with Gasteiger partial charge in [0, 0.05) is 17.4 Å². The van der Waals surface area contributed by atoms with E-state index in [-0.39, 0.29) is 4.21 Å². The van der Waals surface area contributed by atoms with Crippen LogP contribution in [0.4, 0.5) is 5.69 Å². The minimum absolute atomic E-state index is 0.191. The summed E-state index contributed by atoms with van der Waals surface area (Å²) in [5, 5.41) is 14.3. The lowest BCUT2D eigenvalue weighted by Gasteiger charge is -2.07. The van der Waals surface area contributed by atoms with Gasteiger partial charge < -0.3 is 0 Å². The van der Waals surface area contributed by atoms with Crippen LogP contribution in [-0.4, -0.2) is 45.3 Å². The summed E-state index contributed by atoms with van der Waals surface area (Å²) >= 11 is 2.57. The summed E-state index contributed by atoms with van der Waals surface area (Å²) in [7, 11) is -3.75. The van der Waals surface area contributed by atoms with E-state index in [1.165, 1.54) is 11.8 Å². The Morgan fingerprint density at radius 2 is 2.07 bits per heavy atom. The molecule has 142 valence electrons. The molecule has 9 nitrogen and oxygen atoms in total. The summed E-state index contributed by atoms with van der Waals surface area (Å²) < 4.78 is 28.3. The molecule has 0 unspecified atom stereocenters. The van der Waals surface area contributed by atoms with Crippen LogP contribution in [0.25, 0.3) is 22.0 Å². The van der Waals surface area contributed by atoms with E-state index in [9.17, 15) is 8.42 Å². The third kappa shape index (κ3) is 3.88. The van der Waals surface area contributed by atoms with Crippen molar-refractivity contribution in [2.75, 3.05) is 11.0 Å². The van der Waals surface area contributed by atoms with E-state index in [4.69, 9.17) is 0 Å². The molecule has 1 aromatic carbocycles. The van der Waals surface area contributed by atoms with Gasteiger partial charge in [-0.3, -0.25) is 4.72 Å². The van der Waals surface area contributed by atoms with Crippen molar-refractivity contribution in [2.24, 2.45) is 0 Å². The normalized spacial score (nSPS) is 11.5. The molecule has 4 aromatic rings. The fourth-order valence-electron chi connectivity index (χ4n) is 2.39. The molecule has 3 aromatic heterocycles. The molecule has 28 heavy (non-hydrogen) atoms. The first-order valence-electron chi connectivity index (χ1n) is 7.89. The van der Waals surface area contributed by atoms with Gasteiger partial charge in [0.05, 0.1) is 10.6 Å². The number of H-pyrrole nitrogens is 1. The van der Waals surface area contributed by atoms with E-state index >= 15 is 0 Å². The number of sulfonamides is 1. The van der Waals surface area contributed by atoms with Gasteiger partial charge in [-0.15, -0.1) is 21.5 Å². The molecular formula is C16H13N7O2S3. The van der Waals surface area contributed by atoms with Crippen molar-refractivity contribution in [1.29, 1.82) is 0 Å². The molecule has 3 heterocycles. The summed E-state index contributed by atoms with van der Waals surface area (Å²) in [5.74, 6) is 0.382. The predicted molar refractivity (Wildman–Crippen MR) is 108 cm³/mol. The molecule has 0 atom stereocenters. The van der Waals surface area contributed by atoms with Crippen LogP contribution in [0.1, 0.15) is 0 Å². The summed E-state index contributed by atoms with van der Waals surface area (Å²) in [6, 6.07) is 11.8. The van der Waals surface area contributed by atoms with Crippen LogP contribution >= 0.6 is 23.1 Å². The number of thioether (sulfide) groups is 1. The minimum atomic E-state index is -3.75. The van der Waals surface area contributed by atoms with Crippen LogP contribution in [0.3, 0.4) is 0 Å². The highest BCUT2D eigenvalue weighted by molar-refractivity contribution is 7.98. The summed E-state index contributed by atoms with van der Waals surface area (Å²) in [6.45, 7) is 0. The first-order chi connectivity index (χ1) is 13.5. The number of hydrogen-bond acceptors (Lipinski definition) is 9. The number of nitrogens with zero attached hydrogens (tertiary/aromatic N) is 5. The average Bonchev–Trinajstić information content (AvgIpc) is 3.40. The van der Waals surface area contributed by atoms with Crippen molar-refractivity contribution in [3.63, 3.8) is 0 Å². The Labute approximate surface area is 168 Å². The van der Waals surface area contributed by atoms with Crippen molar-refractivity contribution < 1.29 is 8.42 Å². The van der Waals surface area contributed by atoms with E-state index in [0.29, 0.717) is 27.9 Å². The molecule has 0 amide bonds. The highest BCUT2D eigenvalue weighted by Crippen LogP contribution is 2.31. The van der Waals surface area contributed by atoms with E-state index in [1.807, 2.05) is 6.26 Å². The molecule has 0 aliphatic rings. The number of aromatic nitrogens is 6. The monoisotopic (exact) mass is 431 g/mol. The molecule has 0 saturated carbocycles. The number of benzene rings is 1. The Bertz CT molecular complexity index is 1210. The van der Waals surface area contributed by atoms with Crippen LogP contribution in [0.15, 0.2) is 58.0 Å². The Hall–Kier alpha value is -2.83. The van der Waals surface area contributed by atoms with Gasteiger partial charge in [-0.1, -0.05) is 23.9 Å². The predicted octanol–water partition coefficient (Wildman–Crippen LogP) is 2.91.